The maximum absolute atomic E-state index is 3.22. The molecule has 0 bridgehead atoms. The molecule has 2 heteroatoms. The Morgan fingerprint density at radius 1 is 1.29 bits per heavy atom. The van der Waals surface area contributed by atoms with Gasteiger partial charge in [-0.05, 0) is 50.9 Å². The number of hydrogen-bond acceptors (Lipinski definition) is 2. The quantitative estimate of drug-likeness (QED) is 0.784. The predicted octanol–water partition coefficient (Wildman–Crippen LogP) is 2.43. The lowest BCUT2D eigenvalue weighted by atomic mass is 9.98. The van der Waals surface area contributed by atoms with Gasteiger partial charge in [0.05, 0.1) is 0 Å². The van der Waals surface area contributed by atoms with E-state index < -0.39 is 0 Å². The summed E-state index contributed by atoms with van der Waals surface area (Å²) in [5, 5.41) is 3.22. The first kappa shape index (κ1) is 12.6. The molecule has 94 valence electrons. The maximum atomic E-state index is 3.22. The van der Waals surface area contributed by atoms with E-state index in [1.165, 1.54) is 31.4 Å². The van der Waals surface area contributed by atoms with Crippen LogP contribution < -0.4 is 5.32 Å². The van der Waals surface area contributed by atoms with Crippen molar-refractivity contribution in [2.45, 2.75) is 38.8 Å². The normalized spacial score (nSPS) is 17.8. The Hall–Kier alpha value is -0.860. The summed E-state index contributed by atoms with van der Waals surface area (Å²) in [7, 11) is 2.03. The lowest BCUT2D eigenvalue weighted by molar-refractivity contribution is 0.180. The molecule has 2 rings (SSSR count). The van der Waals surface area contributed by atoms with Crippen LogP contribution in [0.4, 0.5) is 0 Å². The van der Waals surface area contributed by atoms with Gasteiger partial charge in [-0.3, -0.25) is 4.90 Å². The highest BCUT2D eigenvalue weighted by molar-refractivity contribution is 5.29. The van der Waals surface area contributed by atoms with Gasteiger partial charge in [0.25, 0.3) is 0 Å². The molecular weight excluding hydrogens is 208 g/mol. The second-order valence-electron chi connectivity index (χ2n) is 5.08. The van der Waals surface area contributed by atoms with E-state index in [0.29, 0.717) is 6.04 Å². The Balaban J connectivity index is 1.88. The van der Waals surface area contributed by atoms with Crippen LogP contribution >= 0.6 is 0 Å². The van der Waals surface area contributed by atoms with Gasteiger partial charge in [-0.25, -0.2) is 0 Å². The first-order chi connectivity index (χ1) is 8.31. The van der Waals surface area contributed by atoms with Gasteiger partial charge in [0.1, 0.15) is 0 Å². The SMILES string of the molecule is CNCCCC(C)N1CCc2ccccc2C1. The van der Waals surface area contributed by atoms with Crippen LogP contribution in [0.25, 0.3) is 0 Å². The number of rotatable bonds is 5. The van der Waals surface area contributed by atoms with Gasteiger partial charge in [-0.15, -0.1) is 0 Å². The number of hydrogen-bond donors (Lipinski definition) is 1. The molecular formula is C15H24N2. The molecule has 0 saturated heterocycles. The minimum absolute atomic E-state index is 0.705. The van der Waals surface area contributed by atoms with E-state index in [4.69, 9.17) is 0 Å². The highest BCUT2D eigenvalue weighted by Gasteiger charge is 2.19. The standard InChI is InChI=1S/C15H24N2/c1-13(6-5-10-16-2)17-11-9-14-7-3-4-8-15(14)12-17/h3-4,7-8,13,16H,5-6,9-12H2,1-2H3. The van der Waals surface area contributed by atoms with Crippen molar-refractivity contribution in [3.63, 3.8) is 0 Å². The molecule has 17 heavy (non-hydrogen) atoms. The lowest BCUT2D eigenvalue weighted by Gasteiger charge is -2.33. The molecule has 1 unspecified atom stereocenters. The Morgan fingerprint density at radius 3 is 2.82 bits per heavy atom. The van der Waals surface area contributed by atoms with Crippen LogP contribution in [0.2, 0.25) is 0 Å². The van der Waals surface area contributed by atoms with Crippen molar-refractivity contribution in [2.75, 3.05) is 20.1 Å². The van der Waals surface area contributed by atoms with Gasteiger partial charge in [0.15, 0.2) is 0 Å². The maximum Gasteiger partial charge on any atom is 0.0239 e. The summed E-state index contributed by atoms with van der Waals surface area (Å²) in [6.07, 6.45) is 3.78. The molecule has 1 aromatic carbocycles. The van der Waals surface area contributed by atoms with Gasteiger partial charge in [-0.2, -0.15) is 0 Å². The molecule has 0 aromatic heterocycles. The topological polar surface area (TPSA) is 15.3 Å². The fraction of sp³-hybridized carbons (Fsp3) is 0.600. The zero-order valence-corrected chi connectivity index (χ0v) is 11.1. The third-order valence-corrected chi connectivity index (χ3v) is 3.83. The van der Waals surface area contributed by atoms with E-state index in [2.05, 4.69) is 41.4 Å². The summed E-state index contributed by atoms with van der Waals surface area (Å²) in [5.41, 5.74) is 3.07. The number of fused-ring (bicyclic) bond motifs is 1. The van der Waals surface area contributed by atoms with E-state index in [1.807, 2.05) is 7.05 Å². The van der Waals surface area contributed by atoms with E-state index in [-0.39, 0.29) is 0 Å². The molecule has 0 fully saturated rings. The zero-order valence-electron chi connectivity index (χ0n) is 11.1. The Labute approximate surface area is 105 Å². The molecule has 2 nitrogen and oxygen atoms in total. The van der Waals surface area contributed by atoms with Crippen LogP contribution in [-0.4, -0.2) is 31.1 Å². The van der Waals surface area contributed by atoms with Crippen LogP contribution in [-0.2, 0) is 13.0 Å². The Bertz CT molecular complexity index is 349. The van der Waals surface area contributed by atoms with Crippen molar-refractivity contribution < 1.29 is 0 Å². The van der Waals surface area contributed by atoms with Crippen molar-refractivity contribution in [1.29, 1.82) is 0 Å². The van der Waals surface area contributed by atoms with Gasteiger partial charge >= 0.3 is 0 Å². The van der Waals surface area contributed by atoms with Crippen LogP contribution in [0.1, 0.15) is 30.9 Å². The van der Waals surface area contributed by atoms with Gasteiger partial charge < -0.3 is 5.32 Å². The summed E-state index contributed by atoms with van der Waals surface area (Å²) in [6, 6.07) is 9.58. The van der Waals surface area contributed by atoms with Crippen LogP contribution in [0.5, 0.6) is 0 Å². The summed E-state index contributed by atoms with van der Waals surface area (Å²) < 4.78 is 0. The monoisotopic (exact) mass is 232 g/mol. The highest BCUT2D eigenvalue weighted by Crippen LogP contribution is 2.21. The first-order valence-electron chi connectivity index (χ1n) is 6.76. The largest absolute Gasteiger partial charge is 0.320 e. The molecule has 0 saturated carbocycles. The Morgan fingerprint density at radius 2 is 2.06 bits per heavy atom. The lowest BCUT2D eigenvalue weighted by Crippen LogP contribution is -2.37. The molecule has 1 aliphatic heterocycles. The summed E-state index contributed by atoms with van der Waals surface area (Å²) in [4.78, 5) is 2.62. The average Bonchev–Trinajstić information content (AvgIpc) is 2.38. The molecule has 0 radical (unpaired) electrons. The summed E-state index contributed by atoms with van der Waals surface area (Å²) in [6.45, 7) is 5.85. The third-order valence-electron chi connectivity index (χ3n) is 3.83. The first-order valence-corrected chi connectivity index (χ1v) is 6.76. The van der Waals surface area contributed by atoms with Gasteiger partial charge in [0, 0.05) is 19.1 Å². The molecule has 0 aliphatic carbocycles. The van der Waals surface area contributed by atoms with Gasteiger partial charge in [-0.1, -0.05) is 24.3 Å². The molecule has 1 aromatic rings. The van der Waals surface area contributed by atoms with Crippen LogP contribution in [0.3, 0.4) is 0 Å². The summed E-state index contributed by atoms with van der Waals surface area (Å²) >= 11 is 0. The summed E-state index contributed by atoms with van der Waals surface area (Å²) in [5.74, 6) is 0. The molecule has 0 spiro atoms. The Kier molecular flexibility index (Phi) is 4.57. The van der Waals surface area contributed by atoms with Crippen molar-refractivity contribution in [3.8, 4) is 0 Å². The second-order valence-corrected chi connectivity index (χ2v) is 5.08. The van der Waals surface area contributed by atoms with E-state index in [1.54, 1.807) is 5.56 Å². The fourth-order valence-corrected chi connectivity index (χ4v) is 2.65. The molecule has 1 aliphatic rings. The fourth-order valence-electron chi connectivity index (χ4n) is 2.65. The smallest absolute Gasteiger partial charge is 0.0239 e. The van der Waals surface area contributed by atoms with Crippen LogP contribution in [0.15, 0.2) is 24.3 Å². The van der Waals surface area contributed by atoms with Crippen molar-refractivity contribution >= 4 is 0 Å². The minimum Gasteiger partial charge on any atom is -0.320 e. The molecule has 1 N–H and O–H groups in total. The predicted molar refractivity (Wildman–Crippen MR) is 73.2 cm³/mol. The zero-order chi connectivity index (χ0) is 12.1. The highest BCUT2D eigenvalue weighted by atomic mass is 15.2. The molecule has 1 atom stereocenters. The van der Waals surface area contributed by atoms with Crippen LogP contribution in [0, 0.1) is 0 Å². The second kappa shape index (κ2) is 6.18. The minimum atomic E-state index is 0.705. The third kappa shape index (κ3) is 3.30. The van der Waals surface area contributed by atoms with E-state index in [0.717, 1.165) is 13.1 Å². The van der Waals surface area contributed by atoms with Gasteiger partial charge in [0.2, 0.25) is 0 Å². The number of nitrogens with zero attached hydrogens (tertiary/aromatic N) is 1. The van der Waals surface area contributed by atoms with Crippen molar-refractivity contribution in [3.05, 3.63) is 35.4 Å². The molecule has 1 heterocycles. The number of nitrogens with one attached hydrogen (secondary N) is 1. The van der Waals surface area contributed by atoms with E-state index >= 15 is 0 Å². The molecule has 0 amide bonds. The van der Waals surface area contributed by atoms with Crippen molar-refractivity contribution in [1.82, 2.24) is 10.2 Å². The van der Waals surface area contributed by atoms with Crippen molar-refractivity contribution in [2.24, 2.45) is 0 Å². The van der Waals surface area contributed by atoms with E-state index in [9.17, 15) is 0 Å². The average molecular weight is 232 g/mol. The number of benzene rings is 1.